The first kappa shape index (κ1) is 25.0. The lowest BCUT2D eigenvalue weighted by atomic mass is 9.94. The predicted octanol–water partition coefficient (Wildman–Crippen LogP) is 4.33. The van der Waals surface area contributed by atoms with Crippen molar-refractivity contribution in [3.8, 4) is 5.75 Å². The summed E-state index contributed by atoms with van der Waals surface area (Å²) in [6, 6.07) is 12.4. The Morgan fingerprint density at radius 1 is 1.29 bits per heavy atom. The summed E-state index contributed by atoms with van der Waals surface area (Å²) in [5.41, 5.74) is 4.24. The Labute approximate surface area is 206 Å². The number of para-hydroxylation sites is 1. The van der Waals surface area contributed by atoms with E-state index in [1.54, 1.807) is 11.8 Å². The number of β-amino-alcohol motifs (C(OH)–C–C–N with tert-alkyl or cyclic N) is 1. The highest BCUT2D eigenvalue weighted by atomic mass is 32.2. The van der Waals surface area contributed by atoms with Crippen LogP contribution >= 0.6 is 11.8 Å². The van der Waals surface area contributed by atoms with Gasteiger partial charge in [-0.05, 0) is 57.6 Å². The normalized spacial score (nSPS) is 22.5. The second-order valence-electron chi connectivity index (χ2n) is 10.1. The fourth-order valence-corrected chi connectivity index (χ4v) is 5.53. The van der Waals surface area contributed by atoms with Crippen molar-refractivity contribution in [3.63, 3.8) is 0 Å². The molecule has 1 saturated carbocycles. The molecule has 7 heteroatoms. The number of ether oxygens (including phenoxy) is 2. The Morgan fingerprint density at radius 2 is 2.06 bits per heavy atom. The van der Waals surface area contributed by atoms with Crippen LogP contribution in [0.1, 0.15) is 55.0 Å². The van der Waals surface area contributed by atoms with Crippen LogP contribution in [0.25, 0.3) is 0 Å². The first-order chi connectivity index (χ1) is 16.1. The maximum absolute atomic E-state index is 11.3. The second-order valence-corrected chi connectivity index (χ2v) is 11.0. The third-order valence-corrected chi connectivity index (χ3v) is 7.72. The number of aryl methyl sites for hydroxylation is 1. The molecule has 0 spiro atoms. The van der Waals surface area contributed by atoms with Crippen molar-refractivity contribution in [2.24, 2.45) is 5.92 Å². The lowest BCUT2D eigenvalue weighted by molar-refractivity contribution is -0.139. The Bertz CT molecular complexity index is 1060. The number of fused-ring (bicyclic) bond motifs is 3. The number of thioether (sulfide) groups is 1. The van der Waals surface area contributed by atoms with Gasteiger partial charge in [0.1, 0.15) is 17.8 Å². The fraction of sp³-hybridized carbons (Fsp3) is 0.519. The SMILES string of the molecule is CSc1ccc(CC(C)(C)NC[C@@H](O)CO[C@H](C)c2cccc3c2O[C@@H]2[C@@H](C(=O)O)[C@H]32)cc1C. The molecule has 5 atom stereocenters. The van der Waals surface area contributed by atoms with Crippen molar-refractivity contribution in [2.45, 2.75) is 68.8 Å². The number of carboxylic acids is 1. The Balaban J connectivity index is 1.27. The number of aliphatic hydroxyl groups excluding tert-OH is 1. The van der Waals surface area contributed by atoms with Gasteiger partial charge in [-0.3, -0.25) is 4.79 Å². The molecule has 34 heavy (non-hydrogen) atoms. The van der Waals surface area contributed by atoms with Crippen LogP contribution in [0.5, 0.6) is 5.75 Å². The van der Waals surface area contributed by atoms with E-state index in [0.717, 1.165) is 23.3 Å². The molecule has 3 N–H and O–H groups in total. The summed E-state index contributed by atoms with van der Waals surface area (Å²) in [6.07, 6.45) is 1.77. The van der Waals surface area contributed by atoms with E-state index in [2.05, 4.69) is 50.5 Å². The summed E-state index contributed by atoms with van der Waals surface area (Å²) >= 11 is 1.76. The van der Waals surface area contributed by atoms with Crippen molar-refractivity contribution < 1.29 is 24.5 Å². The largest absolute Gasteiger partial charge is 0.488 e. The molecule has 0 aromatic heterocycles. The molecular weight excluding hydrogens is 450 g/mol. The van der Waals surface area contributed by atoms with Gasteiger partial charge < -0.3 is 25.0 Å². The number of hydrogen-bond donors (Lipinski definition) is 3. The molecule has 6 nitrogen and oxygen atoms in total. The lowest BCUT2D eigenvalue weighted by Crippen LogP contribution is -2.46. The second kappa shape index (κ2) is 9.90. The average Bonchev–Trinajstić information content (AvgIpc) is 3.38. The first-order valence-electron chi connectivity index (χ1n) is 11.8. The van der Waals surface area contributed by atoms with E-state index in [4.69, 9.17) is 9.47 Å². The Kier molecular flexibility index (Phi) is 7.29. The molecule has 1 heterocycles. The van der Waals surface area contributed by atoms with Crippen LogP contribution in [-0.2, 0) is 16.0 Å². The number of carbonyl (C=O) groups is 1. The van der Waals surface area contributed by atoms with E-state index < -0.39 is 18.0 Å². The van der Waals surface area contributed by atoms with Gasteiger partial charge >= 0.3 is 5.97 Å². The molecule has 4 rings (SSSR count). The molecule has 0 radical (unpaired) electrons. The van der Waals surface area contributed by atoms with Gasteiger partial charge in [0.05, 0.1) is 18.8 Å². The van der Waals surface area contributed by atoms with E-state index in [9.17, 15) is 15.0 Å². The molecule has 2 aromatic rings. The monoisotopic (exact) mass is 485 g/mol. The maximum atomic E-state index is 11.3. The van der Waals surface area contributed by atoms with Gasteiger partial charge in [-0.15, -0.1) is 11.8 Å². The molecule has 1 fully saturated rings. The van der Waals surface area contributed by atoms with Gasteiger partial charge in [0.25, 0.3) is 0 Å². The zero-order chi connectivity index (χ0) is 24.6. The molecule has 184 valence electrons. The third-order valence-electron chi connectivity index (χ3n) is 6.83. The molecule has 0 bridgehead atoms. The summed E-state index contributed by atoms with van der Waals surface area (Å²) in [5.74, 6) is -0.556. The van der Waals surface area contributed by atoms with Gasteiger partial charge in [-0.1, -0.05) is 30.3 Å². The third kappa shape index (κ3) is 5.28. The van der Waals surface area contributed by atoms with Crippen molar-refractivity contribution in [1.82, 2.24) is 5.32 Å². The maximum Gasteiger partial charge on any atom is 0.311 e. The highest BCUT2D eigenvalue weighted by Crippen LogP contribution is 2.59. The van der Waals surface area contributed by atoms with Crippen molar-refractivity contribution in [1.29, 1.82) is 0 Å². The molecule has 1 aliphatic heterocycles. The lowest BCUT2D eigenvalue weighted by Gasteiger charge is -2.28. The van der Waals surface area contributed by atoms with Crippen LogP contribution < -0.4 is 10.1 Å². The highest BCUT2D eigenvalue weighted by Gasteiger charge is 2.63. The van der Waals surface area contributed by atoms with E-state index in [-0.39, 0.29) is 30.3 Å². The predicted molar refractivity (Wildman–Crippen MR) is 134 cm³/mol. The van der Waals surface area contributed by atoms with Crippen molar-refractivity contribution >= 4 is 17.7 Å². The smallest absolute Gasteiger partial charge is 0.311 e. The summed E-state index contributed by atoms with van der Waals surface area (Å²) in [6.45, 7) is 8.97. The topological polar surface area (TPSA) is 88.0 Å². The quantitative estimate of drug-likeness (QED) is 0.409. The number of aliphatic carboxylic acids is 1. The van der Waals surface area contributed by atoms with Crippen LogP contribution in [-0.4, -0.2) is 53.3 Å². The molecular formula is C27H35NO5S. The first-order valence-corrected chi connectivity index (χ1v) is 13.0. The minimum Gasteiger partial charge on any atom is -0.488 e. The zero-order valence-electron chi connectivity index (χ0n) is 20.5. The van der Waals surface area contributed by atoms with Crippen LogP contribution in [0.4, 0.5) is 0 Å². The van der Waals surface area contributed by atoms with Crippen LogP contribution in [0, 0.1) is 12.8 Å². The van der Waals surface area contributed by atoms with Gasteiger partial charge in [-0.25, -0.2) is 0 Å². The van der Waals surface area contributed by atoms with E-state index in [1.165, 1.54) is 16.0 Å². The van der Waals surface area contributed by atoms with Crippen molar-refractivity contribution in [2.75, 3.05) is 19.4 Å². The molecule has 0 amide bonds. The standard InChI is InChI=1S/C27H35NO5S/c1-15-11-17(9-10-21(15)34-5)12-27(3,4)28-13-18(29)14-32-16(2)19-7-6-8-20-22-23(26(30)31)25(22)33-24(19)20/h6-11,16,18,22-23,25,28-29H,12-14H2,1-5H3,(H,30,31)/t16-,18-,22+,23+,25+/m1/s1. The van der Waals surface area contributed by atoms with E-state index in [1.807, 2.05) is 25.1 Å². The highest BCUT2D eigenvalue weighted by molar-refractivity contribution is 7.98. The summed E-state index contributed by atoms with van der Waals surface area (Å²) in [5, 5.41) is 23.3. The Morgan fingerprint density at radius 3 is 2.74 bits per heavy atom. The molecule has 0 unspecified atom stereocenters. The van der Waals surface area contributed by atoms with Crippen molar-refractivity contribution in [3.05, 3.63) is 58.7 Å². The minimum atomic E-state index is -0.805. The number of benzene rings is 2. The number of nitrogens with one attached hydrogen (secondary N) is 1. The van der Waals surface area contributed by atoms with E-state index >= 15 is 0 Å². The molecule has 0 saturated heterocycles. The number of aliphatic hydroxyl groups is 1. The average molecular weight is 486 g/mol. The van der Waals surface area contributed by atoms with Crippen LogP contribution in [0.15, 0.2) is 41.3 Å². The molecule has 2 aliphatic rings. The van der Waals surface area contributed by atoms with Gasteiger partial charge in [-0.2, -0.15) is 0 Å². The number of rotatable bonds is 11. The Hall–Kier alpha value is -2.06. The van der Waals surface area contributed by atoms with Gasteiger partial charge in [0, 0.05) is 34.0 Å². The van der Waals surface area contributed by atoms with E-state index in [0.29, 0.717) is 6.54 Å². The number of hydrogen-bond acceptors (Lipinski definition) is 6. The fourth-order valence-electron chi connectivity index (χ4n) is 4.94. The molecule has 2 aromatic carbocycles. The van der Waals surface area contributed by atoms with Gasteiger partial charge in [0.15, 0.2) is 0 Å². The molecule has 1 aliphatic carbocycles. The van der Waals surface area contributed by atoms with Gasteiger partial charge in [0.2, 0.25) is 0 Å². The summed E-state index contributed by atoms with van der Waals surface area (Å²) < 4.78 is 11.9. The number of carboxylic acid groups (broad SMARTS) is 1. The summed E-state index contributed by atoms with van der Waals surface area (Å²) in [7, 11) is 0. The van der Waals surface area contributed by atoms with Crippen LogP contribution in [0.3, 0.4) is 0 Å². The van der Waals surface area contributed by atoms with Crippen LogP contribution in [0.2, 0.25) is 0 Å². The zero-order valence-corrected chi connectivity index (χ0v) is 21.3. The minimum absolute atomic E-state index is 0.0580. The summed E-state index contributed by atoms with van der Waals surface area (Å²) in [4.78, 5) is 12.6.